The van der Waals surface area contributed by atoms with Crippen molar-refractivity contribution in [3.63, 3.8) is 0 Å². The predicted molar refractivity (Wildman–Crippen MR) is 58.2 cm³/mol. The van der Waals surface area contributed by atoms with Crippen molar-refractivity contribution in [2.75, 3.05) is 0 Å². The van der Waals surface area contributed by atoms with E-state index in [4.69, 9.17) is 9.47 Å². The van der Waals surface area contributed by atoms with Crippen molar-refractivity contribution in [2.45, 2.75) is 53.4 Å². The standard InChI is InChI=1S/C12H22O3/c1-6-11-8(3)7(2)9(4)12(15-11)14-10(5)13/h7-9,11-12H,6H2,1-5H3. The number of hydrogen-bond acceptors (Lipinski definition) is 3. The predicted octanol–water partition coefficient (Wildman–Crippen LogP) is 2.59. The van der Waals surface area contributed by atoms with Crippen LogP contribution in [0.4, 0.5) is 0 Å². The minimum Gasteiger partial charge on any atom is -0.436 e. The summed E-state index contributed by atoms with van der Waals surface area (Å²) in [6, 6.07) is 0. The molecule has 5 unspecified atom stereocenters. The van der Waals surface area contributed by atoms with Crippen molar-refractivity contribution in [3.8, 4) is 0 Å². The van der Waals surface area contributed by atoms with Gasteiger partial charge in [0, 0.05) is 12.8 Å². The van der Waals surface area contributed by atoms with Crippen LogP contribution in [0.2, 0.25) is 0 Å². The molecule has 0 bridgehead atoms. The molecule has 5 atom stereocenters. The van der Waals surface area contributed by atoms with Gasteiger partial charge in [0.05, 0.1) is 6.10 Å². The zero-order valence-corrected chi connectivity index (χ0v) is 10.3. The maximum atomic E-state index is 10.9. The molecular formula is C12H22O3. The summed E-state index contributed by atoms with van der Waals surface area (Å²) in [6.07, 6.45) is 0.815. The second-order valence-corrected chi connectivity index (χ2v) is 4.64. The Morgan fingerprint density at radius 1 is 1.20 bits per heavy atom. The highest BCUT2D eigenvalue weighted by Gasteiger charge is 2.39. The molecule has 88 valence electrons. The zero-order valence-electron chi connectivity index (χ0n) is 10.3. The van der Waals surface area contributed by atoms with E-state index in [1.54, 1.807) is 0 Å². The van der Waals surface area contributed by atoms with E-state index < -0.39 is 0 Å². The van der Waals surface area contributed by atoms with E-state index in [-0.39, 0.29) is 24.3 Å². The lowest BCUT2D eigenvalue weighted by atomic mass is 9.78. The highest BCUT2D eigenvalue weighted by molar-refractivity contribution is 5.66. The first-order valence-electron chi connectivity index (χ1n) is 5.80. The van der Waals surface area contributed by atoms with Crippen LogP contribution in [-0.2, 0) is 14.3 Å². The first-order chi connectivity index (χ1) is 6.97. The topological polar surface area (TPSA) is 35.5 Å². The minimum absolute atomic E-state index is 0.209. The second-order valence-electron chi connectivity index (χ2n) is 4.64. The SMILES string of the molecule is CCC1OC(OC(C)=O)C(C)C(C)C1C. The van der Waals surface area contributed by atoms with Gasteiger partial charge in [0.15, 0.2) is 0 Å². The number of rotatable bonds is 2. The molecule has 0 spiro atoms. The average molecular weight is 214 g/mol. The van der Waals surface area contributed by atoms with Crippen molar-refractivity contribution in [3.05, 3.63) is 0 Å². The molecular weight excluding hydrogens is 192 g/mol. The molecule has 1 aliphatic heterocycles. The maximum absolute atomic E-state index is 10.9. The molecule has 0 amide bonds. The Bertz CT molecular complexity index is 225. The monoisotopic (exact) mass is 214 g/mol. The Labute approximate surface area is 92.1 Å². The van der Waals surface area contributed by atoms with Crippen LogP contribution in [-0.4, -0.2) is 18.4 Å². The van der Waals surface area contributed by atoms with Gasteiger partial charge < -0.3 is 9.47 Å². The maximum Gasteiger partial charge on any atom is 0.304 e. The molecule has 1 rings (SSSR count). The Morgan fingerprint density at radius 3 is 2.27 bits per heavy atom. The third kappa shape index (κ3) is 2.71. The smallest absolute Gasteiger partial charge is 0.304 e. The van der Waals surface area contributed by atoms with Crippen molar-refractivity contribution in [1.82, 2.24) is 0 Å². The van der Waals surface area contributed by atoms with Gasteiger partial charge in [-0.3, -0.25) is 4.79 Å². The number of hydrogen-bond donors (Lipinski definition) is 0. The van der Waals surface area contributed by atoms with Crippen LogP contribution < -0.4 is 0 Å². The summed E-state index contributed by atoms with van der Waals surface area (Å²) < 4.78 is 11.0. The van der Waals surface area contributed by atoms with Crippen molar-refractivity contribution < 1.29 is 14.3 Å². The first-order valence-corrected chi connectivity index (χ1v) is 5.80. The third-order valence-electron chi connectivity index (χ3n) is 3.67. The molecule has 1 aliphatic rings. The van der Waals surface area contributed by atoms with E-state index in [1.807, 2.05) is 0 Å². The van der Waals surface area contributed by atoms with Gasteiger partial charge >= 0.3 is 5.97 Å². The highest BCUT2D eigenvalue weighted by Crippen LogP contribution is 2.36. The molecule has 1 saturated heterocycles. The summed E-state index contributed by atoms with van der Waals surface area (Å²) in [6.45, 7) is 10.0. The van der Waals surface area contributed by atoms with Crippen LogP contribution >= 0.6 is 0 Å². The van der Waals surface area contributed by atoms with E-state index in [0.717, 1.165) is 6.42 Å². The first kappa shape index (κ1) is 12.5. The molecule has 15 heavy (non-hydrogen) atoms. The summed E-state index contributed by atoms with van der Waals surface area (Å²) in [5.41, 5.74) is 0. The zero-order chi connectivity index (χ0) is 11.6. The van der Waals surface area contributed by atoms with Crippen LogP contribution in [0.1, 0.15) is 41.0 Å². The van der Waals surface area contributed by atoms with Crippen LogP contribution in [0.3, 0.4) is 0 Å². The van der Waals surface area contributed by atoms with E-state index in [1.165, 1.54) is 6.92 Å². The quantitative estimate of drug-likeness (QED) is 0.663. The summed E-state index contributed by atoms with van der Waals surface area (Å²) >= 11 is 0. The van der Waals surface area contributed by atoms with Gasteiger partial charge in [0.2, 0.25) is 6.29 Å². The van der Waals surface area contributed by atoms with Crippen LogP contribution in [0, 0.1) is 17.8 Å². The van der Waals surface area contributed by atoms with Crippen molar-refractivity contribution >= 4 is 5.97 Å². The average Bonchev–Trinajstić information content (AvgIpc) is 2.18. The van der Waals surface area contributed by atoms with Crippen molar-refractivity contribution in [1.29, 1.82) is 0 Å². The van der Waals surface area contributed by atoms with Gasteiger partial charge in [-0.05, 0) is 18.3 Å². The summed E-state index contributed by atoms with van der Waals surface area (Å²) in [5, 5.41) is 0. The van der Waals surface area contributed by atoms with Gasteiger partial charge in [0.25, 0.3) is 0 Å². The fourth-order valence-electron chi connectivity index (χ4n) is 2.25. The molecule has 0 aromatic heterocycles. The Morgan fingerprint density at radius 2 is 1.80 bits per heavy atom. The van der Waals surface area contributed by atoms with E-state index in [2.05, 4.69) is 27.7 Å². The number of carbonyl (C=O) groups is 1. The van der Waals surface area contributed by atoms with Crippen LogP contribution in [0.25, 0.3) is 0 Å². The van der Waals surface area contributed by atoms with Gasteiger partial charge in [-0.2, -0.15) is 0 Å². The molecule has 0 radical (unpaired) electrons. The highest BCUT2D eigenvalue weighted by atomic mass is 16.7. The van der Waals surface area contributed by atoms with E-state index in [9.17, 15) is 4.79 Å². The Kier molecular flexibility index (Phi) is 4.14. The summed E-state index contributed by atoms with van der Waals surface area (Å²) in [7, 11) is 0. The summed E-state index contributed by atoms with van der Waals surface area (Å²) in [4.78, 5) is 10.9. The molecule has 1 fully saturated rings. The van der Waals surface area contributed by atoms with E-state index in [0.29, 0.717) is 11.8 Å². The molecule has 1 heterocycles. The van der Waals surface area contributed by atoms with Crippen LogP contribution in [0.5, 0.6) is 0 Å². The lowest BCUT2D eigenvalue weighted by Gasteiger charge is -2.42. The second kappa shape index (κ2) is 4.97. The Balaban J connectivity index is 2.69. The fourth-order valence-corrected chi connectivity index (χ4v) is 2.25. The fraction of sp³-hybridized carbons (Fsp3) is 0.917. The normalized spacial score (nSPS) is 41.3. The number of carbonyl (C=O) groups excluding carboxylic acids is 1. The van der Waals surface area contributed by atoms with Gasteiger partial charge in [0.1, 0.15) is 0 Å². The molecule has 3 heteroatoms. The van der Waals surface area contributed by atoms with Crippen molar-refractivity contribution in [2.24, 2.45) is 17.8 Å². The lowest BCUT2D eigenvalue weighted by Crippen LogP contribution is -2.46. The molecule has 0 aromatic rings. The number of ether oxygens (including phenoxy) is 2. The number of esters is 1. The third-order valence-corrected chi connectivity index (χ3v) is 3.67. The molecule has 0 aliphatic carbocycles. The molecule has 0 N–H and O–H groups in total. The molecule has 0 aromatic carbocycles. The van der Waals surface area contributed by atoms with Gasteiger partial charge in [-0.15, -0.1) is 0 Å². The van der Waals surface area contributed by atoms with E-state index >= 15 is 0 Å². The summed E-state index contributed by atoms with van der Waals surface area (Å²) in [5.74, 6) is 1.06. The van der Waals surface area contributed by atoms with Gasteiger partial charge in [-0.25, -0.2) is 0 Å². The molecule has 3 nitrogen and oxygen atoms in total. The Hall–Kier alpha value is -0.570. The van der Waals surface area contributed by atoms with Gasteiger partial charge in [-0.1, -0.05) is 27.7 Å². The van der Waals surface area contributed by atoms with Crippen LogP contribution in [0.15, 0.2) is 0 Å². The molecule has 0 saturated carbocycles. The largest absolute Gasteiger partial charge is 0.436 e. The lowest BCUT2D eigenvalue weighted by molar-refractivity contribution is -0.241. The minimum atomic E-state index is -0.362.